The van der Waals surface area contributed by atoms with E-state index in [1.807, 2.05) is 12.1 Å². The van der Waals surface area contributed by atoms with Crippen LogP contribution in [0.3, 0.4) is 0 Å². The summed E-state index contributed by atoms with van der Waals surface area (Å²) >= 11 is 1.66. The maximum atomic E-state index is 13.4. The summed E-state index contributed by atoms with van der Waals surface area (Å²) in [4.78, 5) is 3.07. The normalized spacial score (nSPS) is 20.4. The van der Waals surface area contributed by atoms with Crippen LogP contribution in [0, 0.1) is 11.7 Å². The molecule has 3 heteroatoms. The van der Waals surface area contributed by atoms with E-state index in [2.05, 4.69) is 19.0 Å². The lowest BCUT2D eigenvalue weighted by Crippen LogP contribution is -2.27. The van der Waals surface area contributed by atoms with Crippen LogP contribution < -0.4 is 0 Å². The molecule has 2 rings (SSSR count). The Morgan fingerprint density at radius 3 is 3.00 bits per heavy atom. The van der Waals surface area contributed by atoms with Gasteiger partial charge in [-0.2, -0.15) is 0 Å². The van der Waals surface area contributed by atoms with E-state index in [-0.39, 0.29) is 5.82 Å². The molecule has 1 aliphatic rings. The van der Waals surface area contributed by atoms with Crippen LogP contribution in [0.2, 0.25) is 0 Å². The Kier molecular flexibility index (Phi) is 3.32. The molecule has 0 saturated carbocycles. The van der Waals surface area contributed by atoms with Crippen LogP contribution in [0.4, 0.5) is 4.39 Å². The first-order valence-corrected chi connectivity index (χ1v) is 6.20. The predicted octanol–water partition coefficient (Wildman–Crippen LogP) is 2.65. The molecular weight excluding hydrogens is 209 g/mol. The van der Waals surface area contributed by atoms with Gasteiger partial charge in [0.2, 0.25) is 0 Å². The first kappa shape index (κ1) is 11.0. The van der Waals surface area contributed by atoms with Crippen molar-refractivity contribution in [1.82, 2.24) is 4.90 Å². The van der Waals surface area contributed by atoms with Gasteiger partial charge in [0.15, 0.2) is 0 Å². The van der Waals surface area contributed by atoms with Gasteiger partial charge in [0.1, 0.15) is 5.82 Å². The van der Waals surface area contributed by atoms with E-state index < -0.39 is 0 Å². The number of fused-ring (bicyclic) bond motifs is 1. The molecule has 0 spiro atoms. The fraction of sp³-hybridized carbons (Fsp3) is 0.500. The Morgan fingerprint density at radius 2 is 2.27 bits per heavy atom. The molecule has 1 nitrogen and oxygen atoms in total. The van der Waals surface area contributed by atoms with Crippen molar-refractivity contribution >= 4 is 11.8 Å². The van der Waals surface area contributed by atoms with Crippen LogP contribution in [0.25, 0.3) is 0 Å². The summed E-state index contributed by atoms with van der Waals surface area (Å²) in [6.07, 6.45) is 1.01. The van der Waals surface area contributed by atoms with E-state index in [0.29, 0.717) is 5.92 Å². The zero-order valence-electron chi connectivity index (χ0n) is 9.16. The lowest BCUT2D eigenvalue weighted by molar-refractivity contribution is 0.338. The third kappa shape index (κ3) is 2.52. The van der Waals surface area contributed by atoms with Gasteiger partial charge in [0, 0.05) is 17.2 Å². The van der Waals surface area contributed by atoms with Crippen molar-refractivity contribution in [3.8, 4) is 0 Å². The van der Waals surface area contributed by atoms with Crippen LogP contribution in [-0.2, 0) is 6.42 Å². The Hall–Kier alpha value is -0.540. The highest BCUT2D eigenvalue weighted by Crippen LogP contribution is 2.34. The van der Waals surface area contributed by atoms with Crippen molar-refractivity contribution in [2.45, 2.75) is 11.3 Å². The quantitative estimate of drug-likeness (QED) is 0.761. The van der Waals surface area contributed by atoms with Crippen molar-refractivity contribution in [1.29, 1.82) is 0 Å². The molecule has 0 fully saturated rings. The molecule has 0 aromatic heterocycles. The molecule has 1 aromatic carbocycles. The molecule has 0 bridgehead atoms. The summed E-state index contributed by atoms with van der Waals surface area (Å²) in [6.45, 7) is 1.09. The van der Waals surface area contributed by atoms with Crippen molar-refractivity contribution < 1.29 is 4.39 Å². The number of nitrogens with zero attached hydrogens (tertiary/aromatic N) is 1. The second kappa shape index (κ2) is 4.54. The summed E-state index contributed by atoms with van der Waals surface area (Å²) < 4.78 is 13.4. The minimum atomic E-state index is -0.0548. The monoisotopic (exact) mass is 225 g/mol. The summed E-state index contributed by atoms with van der Waals surface area (Å²) in [7, 11) is 4.18. The van der Waals surface area contributed by atoms with Crippen LogP contribution >= 0.6 is 11.8 Å². The van der Waals surface area contributed by atoms with Gasteiger partial charge in [0.25, 0.3) is 0 Å². The number of thioether (sulfide) groups is 1. The van der Waals surface area contributed by atoms with Gasteiger partial charge in [-0.25, -0.2) is 4.39 Å². The Balaban J connectivity index is 2.13. The lowest BCUT2D eigenvalue weighted by atomic mass is 10.00. The molecule has 1 heterocycles. The maximum absolute atomic E-state index is 13.4. The Labute approximate surface area is 94.7 Å². The molecule has 1 unspecified atom stereocenters. The molecule has 15 heavy (non-hydrogen) atoms. The second-order valence-electron chi connectivity index (χ2n) is 4.37. The minimum Gasteiger partial charge on any atom is -0.309 e. The van der Waals surface area contributed by atoms with Crippen molar-refractivity contribution in [2.75, 3.05) is 26.4 Å². The number of rotatable bonds is 2. The molecule has 0 saturated heterocycles. The summed E-state index contributed by atoms with van der Waals surface area (Å²) in [6, 6.07) is 5.41. The van der Waals surface area contributed by atoms with Gasteiger partial charge < -0.3 is 4.90 Å². The molecule has 82 valence electrons. The van der Waals surface area contributed by atoms with Crippen molar-refractivity contribution in [3.63, 3.8) is 0 Å². The molecule has 1 aliphatic heterocycles. The standard InChI is InChI=1S/C12H16FNS/c1-14(2)7-9-6-10-4-3-5-11(13)12(10)15-8-9/h3-5,9H,6-8H2,1-2H3. The zero-order valence-corrected chi connectivity index (χ0v) is 9.98. The summed E-state index contributed by atoms with van der Waals surface area (Å²) in [5, 5.41) is 0. The average molecular weight is 225 g/mol. The minimum absolute atomic E-state index is 0.0548. The van der Waals surface area contributed by atoms with Crippen LogP contribution in [0.15, 0.2) is 23.1 Å². The predicted molar refractivity (Wildman–Crippen MR) is 62.9 cm³/mol. The van der Waals surface area contributed by atoms with Crippen LogP contribution in [-0.4, -0.2) is 31.3 Å². The molecular formula is C12H16FNS. The molecule has 0 amide bonds. The number of hydrogen-bond acceptors (Lipinski definition) is 2. The third-order valence-corrected chi connectivity index (χ3v) is 4.03. The maximum Gasteiger partial charge on any atom is 0.137 e. The molecule has 1 atom stereocenters. The highest BCUT2D eigenvalue weighted by Gasteiger charge is 2.21. The van der Waals surface area contributed by atoms with E-state index in [9.17, 15) is 4.39 Å². The molecule has 0 N–H and O–H groups in total. The van der Waals surface area contributed by atoms with Gasteiger partial charge in [0.05, 0.1) is 0 Å². The van der Waals surface area contributed by atoms with Crippen LogP contribution in [0.1, 0.15) is 5.56 Å². The third-order valence-electron chi connectivity index (χ3n) is 2.64. The average Bonchev–Trinajstić information content (AvgIpc) is 2.17. The second-order valence-corrected chi connectivity index (χ2v) is 5.40. The van der Waals surface area contributed by atoms with E-state index >= 15 is 0 Å². The Bertz CT molecular complexity index is 351. The van der Waals surface area contributed by atoms with Gasteiger partial charge >= 0.3 is 0 Å². The summed E-state index contributed by atoms with van der Waals surface area (Å²) in [5.74, 6) is 1.63. The fourth-order valence-corrected chi connectivity index (χ4v) is 3.25. The van der Waals surface area contributed by atoms with Crippen molar-refractivity contribution in [2.24, 2.45) is 5.92 Å². The highest BCUT2D eigenvalue weighted by molar-refractivity contribution is 7.99. The smallest absolute Gasteiger partial charge is 0.137 e. The van der Waals surface area contributed by atoms with Gasteiger partial charge in [-0.05, 0) is 38.1 Å². The first-order valence-electron chi connectivity index (χ1n) is 5.21. The van der Waals surface area contributed by atoms with Gasteiger partial charge in [-0.15, -0.1) is 11.8 Å². The Morgan fingerprint density at radius 1 is 1.47 bits per heavy atom. The molecule has 0 radical (unpaired) electrons. The van der Waals surface area contributed by atoms with Crippen molar-refractivity contribution in [3.05, 3.63) is 29.6 Å². The summed E-state index contributed by atoms with van der Waals surface area (Å²) in [5.41, 5.74) is 1.18. The zero-order chi connectivity index (χ0) is 10.8. The van der Waals surface area contributed by atoms with E-state index in [1.54, 1.807) is 17.8 Å². The number of hydrogen-bond donors (Lipinski definition) is 0. The fourth-order valence-electron chi connectivity index (χ4n) is 2.08. The topological polar surface area (TPSA) is 3.24 Å². The van der Waals surface area contributed by atoms with E-state index in [4.69, 9.17) is 0 Å². The number of benzene rings is 1. The van der Waals surface area contributed by atoms with E-state index in [1.165, 1.54) is 5.56 Å². The molecule has 1 aromatic rings. The highest BCUT2D eigenvalue weighted by atomic mass is 32.2. The molecule has 0 aliphatic carbocycles. The van der Waals surface area contributed by atoms with Crippen LogP contribution in [0.5, 0.6) is 0 Å². The lowest BCUT2D eigenvalue weighted by Gasteiger charge is -2.26. The SMILES string of the molecule is CN(C)CC1CSc2c(F)cccc2C1. The largest absolute Gasteiger partial charge is 0.309 e. The van der Waals surface area contributed by atoms with E-state index in [0.717, 1.165) is 23.6 Å². The van der Waals surface area contributed by atoms with Gasteiger partial charge in [-0.1, -0.05) is 12.1 Å². The first-order chi connectivity index (χ1) is 7.16. The van der Waals surface area contributed by atoms with Gasteiger partial charge in [-0.3, -0.25) is 0 Å². The number of halogens is 1.